The molecule has 0 radical (unpaired) electrons. The molecule has 0 saturated carbocycles. The SMILES string of the molecule is CCCC(C)(CC)C(=O)CCCn1cc(CCC(=O)C(C)(C)CC)nn1. The predicted octanol–water partition coefficient (Wildman–Crippen LogP) is 4.78. The van der Waals surface area contributed by atoms with Gasteiger partial charge in [-0.05, 0) is 25.7 Å². The average Bonchev–Trinajstić information content (AvgIpc) is 3.07. The van der Waals surface area contributed by atoms with Crippen LogP contribution in [-0.4, -0.2) is 26.6 Å². The van der Waals surface area contributed by atoms with Crippen LogP contribution in [0.15, 0.2) is 6.20 Å². The van der Waals surface area contributed by atoms with Gasteiger partial charge >= 0.3 is 0 Å². The summed E-state index contributed by atoms with van der Waals surface area (Å²) >= 11 is 0. The largest absolute Gasteiger partial charge is 0.299 e. The van der Waals surface area contributed by atoms with Gasteiger partial charge in [0.25, 0.3) is 0 Å². The minimum atomic E-state index is -0.263. The van der Waals surface area contributed by atoms with E-state index in [2.05, 4.69) is 31.1 Å². The Morgan fingerprint density at radius 2 is 1.73 bits per heavy atom. The maximum absolute atomic E-state index is 12.5. The Kier molecular flexibility index (Phi) is 8.65. The van der Waals surface area contributed by atoms with Gasteiger partial charge in [-0.2, -0.15) is 0 Å². The molecule has 0 aromatic carbocycles. The van der Waals surface area contributed by atoms with E-state index < -0.39 is 0 Å². The molecule has 5 heteroatoms. The molecule has 0 fully saturated rings. The van der Waals surface area contributed by atoms with Gasteiger partial charge in [0.15, 0.2) is 0 Å². The third-order valence-electron chi connectivity index (χ3n) is 5.88. The quantitative estimate of drug-likeness (QED) is 0.506. The number of carbonyl (C=O) groups excluding carboxylic acids is 2. The molecule has 26 heavy (non-hydrogen) atoms. The fraction of sp³-hybridized carbons (Fsp3) is 0.810. The smallest absolute Gasteiger partial charge is 0.138 e. The lowest BCUT2D eigenvalue weighted by Gasteiger charge is -2.26. The molecule has 0 amide bonds. The van der Waals surface area contributed by atoms with Crippen molar-refractivity contribution in [2.24, 2.45) is 10.8 Å². The normalized spacial score (nSPS) is 14.2. The molecule has 1 aromatic rings. The first-order valence-corrected chi connectivity index (χ1v) is 10.1. The van der Waals surface area contributed by atoms with E-state index in [1.54, 1.807) is 4.68 Å². The van der Waals surface area contributed by atoms with E-state index in [-0.39, 0.29) is 16.6 Å². The molecule has 0 aliphatic carbocycles. The molecule has 0 bridgehead atoms. The minimum Gasteiger partial charge on any atom is -0.299 e. The van der Waals surface area contributed by atoms with Crippen LogP contribution in [0.2, 0.25) is 0 Å². The molecule has 0 spiro atoms. The van der Waals surface area contributed by atoms with Crippen molar-refractivity contribution in [3.8, 4) is 0 Å². The second-order valence-corrected chi connectivity index (χ2v) is 8.32. The molecule has 148 valence electrons. The summed E-state index contributed by atoms with van der Waals surface area (Å²) in [6.07, 6.45) is 8.15. The highest BCUT2D eigenvalue weighted by Gasteiger charge is 2.29. The summed E-state index contributed by atoms with van der Waals surface area (Å²) in [7, 11) is 0. The van der Waals surface area contributed by atoms with Crippen LogP contribution in [0.25, 0.3) is 0 Å². The Balaban J connectivity index is 2.45. The molecule has 0 aliphatic rings. The zero-order valence-corrected chi connectivity index (χ0v) is 17.6. The lowest BCUT2D eigenvalue weighted by Crippen LogP contribution is -2.27. The lowest BCUT2D eigenvalue weighted by molar-refractivity contribution is -0.129. The van der Waals surface area contributed by atoms with Crippen LogP contribution in [0, 0.1) is 10.8 Å². The van der Waals surface area contributed by atoms with Crippen molar-refractivity contribution in [2.45, 2.75) is 99.5 Å². The lowest BCUT2D eigenvalue weighted by atomic mass is 9.77. The molecule has 1 rings (SSSR count). The Morgan fingerprint density at radius 3 is 2.31 bits per heavy atom. The van der Waals surface area contributed by atoms with Gasteiger partial charge in [-0.3, -0.25) is 14.3 Å². The van der Waals surface area contributed by atoms with E-state index in [9.17, 15) is 9.59 Å². The standard InChI is InChI=1S/C21H37N3O2/c1-7-14-21(6,9-3)19(26)11-10-15-24-16-17(22-23-24)12-13-18(25)20(4,5)8-2/h16H,7-15H2,1-6H3. The second-order valence-electron chi connectivity index (χ2n) is 8.32. The second kappa shape index (κ2) is 9.98. The first kappa shape index (κ1) is 22.5. The maximum Gasteiger partial charge on any atom is 0.138 e. The van der Waals surface area contributed by atoms with Crippen molar-refractivity contribution in [1.29, 1.82) is 0 Å². The van der Waals surface area contributed by atoms with Crippen molar-refractivity contribution in [3.05, 3.63) is 11.9 Å². The number of carbonyl (C=O) groups is 2. The fourth-order valence-electron chi connectivity index (χ4n) is 3.11. The molecule has 0 N–H and O–H groups in total. The average molecular weight is 364 g/mol. The summed E-state index contributed by atoms with van der Waals surface area (Å²) in [4.78, 5) is 24.7. The van der Waals surface area contributed by atoms with Crippen molar-refractivity contribution in [1.82, 2.24) is 15.0 Å². The van der Waals surface area contributed by atoms with E-state index in [1.165, 1.54) is 0 Å². The van der Waals surface area contributed by atoms with Crippen LogP contribution in [0.4, 0.5) is 0 Å². The van der Waals surface area contributed by atoms with Gasteiger partial charge in [-0.25, -0.2) is 0 Å². The highest BCUT2D eigenvalue weighted by atomic mass is 16.1. The van der Waals surface area contributed by atoms with E-state index in [1.807, 2.05) is 27.0 Å². The van der Waals surface area contributed by atoms with Gasteiger partial charge in [0, 0.05) is 42.8 Å². The van der Waals surface area contributed by atoms with Gasteiger partial charge < -0.3 is 0 Å². The number of hydrogen-bond acceptors (Lipinski definition) is 4. The molecule has 1 aromatic heterocycles. The summed E-state index contributed by atoms with van der Waals surface area (Å²) < 4.78 is 1.79. The number of rotatable bonds is 13. The highest BCUT2D eigenvalue weighted by Crippen LogP contribution is 2.30. The van der Waals surface area contributed by atoms with Crippen LogP contribution in [0.5, 0.6) is 0 Å². The molecular weight excluding hydrogens is 326 g/mol. The molecule has 1 atom stereocenters. The monoisotopic (exact) mass is 363 g/mol. The topological polar surface area (TPSA) is 64.8 Å². The van der Waals surface area contributed by atoms with Crippen molar-refractivity contribution >= 4 is 11.6 Å². The summed E-state index contributed by atoms with van der Waals surface area (Å²) in [5.74, 6) is 0.629. The number of ketones is 2. The molecule has 5 nitrogen and oxygen atoms in total. The van der Waals surface area contributed by atoms with Gasteiger partial charge in [0.05, 0.1) is 5.69 Å². The summed E-state index contributed by atoms with van der Waals surface area (Å²) in [5, 5.41) is 8.30. The number of nitrogens with zero attached hydrogens (tertiary/aromatic N) is 3. The van der Waals surface area contributed by atoms with Crippen LogP contribution < -0.4 is 0 Å². The maximum atomic E-state index is 12.5. The zero-order valence-electron chi connectivity index (χ0n) is 17.6. The Hall–Kier alpha value is -1.52. The third-order valence-corrected chi connectivity index (χ3v) is 5.88. The Labute approximate surface area is 158 Å². The van der Waals surface area contributed by atoms with Gasteiger partial charge in [-0.1, -0.05) is 53.2 Å². The van der Waals surface area contributed by atoms with Crippen LogP contribution >= 0.6 is 0 Å². The van der Waals surface area contributed by atoms with Crippen molar-refractivity contribution in [2.75, 3.05) is 0 Å². The summed E-state index contributed by atoms with van der Waals surface area (Å²) in [5.41, 5.74) is 0.399. The third kappa shape index (κ3) is 6.33. The number of aromatic nitrogens is 3. The molecule has 0 saturated heterocycles. The molecule has 1 heterocycles. The Bertz CT molecular complexity index is 592. The number of aryl methyl sites for hydroxylation is 2. The van der Waals surface area contributed by atoms with E-state index in [0.29, 0.717) is 31.6 Å². The number of Topliss-reactive ketones (excluding diaryl/α,β-unsaturated/α-hetero) is 2. The summed E-state index contributed by atoms with van der Waals surface area (Å²) in [6.45, 7) is 13.0. The van der Waals surface area contributed by atoms with Crippen LogP contribution in [0.3, 0.4) is 0 Å². The fourth-order valence-corrected chi connectivity index (χ4v) is 3.11. The first-order chi connectivity index (χ1) is 12.2. The van der Waals surface area contributed by atoms with E-state index in [4.69, 9.17) is 0 Å². The van der Waals surface area contributed by atoms with Gasteiger partial charge in [0.2, 0.25) is 0 Å². The zero-order chi connectivity index (χ0) is 19.8. The molecule has 1 unspecified atom stereocenters. The van der Waals surface area contributed by atoms with Gasteiger partial charge in [-0.15, -0.1) is 5.10 Å². The number of hydrogen-bond donors (Lipinski definition) is 0. The molecular formula is C21H37N3O2. The highest BCUT2D eigenvalue weighted by molar-refractivity contribution is 5.84. The van der Waals surface area contributed by atoms with Crippen LogP contribution in [-0.2, 0) is 22.6 Å². The minimum absolute atomic E-state index is 0.186. The first-order valence-electron chi connectivity index (χ1n) is 10.1. The Morgan fingerprint density at radius 1 is 1.04 bits per heavy atom. The predicted molar refractivity (Wildman–Crippen MR) is 105 cm³/mol. The van der Waals surface area contributed by atoms with Crippen LogP contribution in [0.1, 0.15) is 92.2 Å². The van der Waals surface area contributed by atoms with E-state index >= 15 is 0 Å². The summed E-state index contributed by atoms with van der Waals surface area (Å²) in [6, 6.07) is 0. The van der Waals surface area contributed by atoms with E-state index in [0.717, 1.165) is 37.8 Å². The molecule has 0 aliphatic heterocycles. The van der Waals surface area contributed by atoms with Crippen molar-refractivity contribution < 1.29 is 9.59 Å². The van der Waals surface area contributed by atoms with Crippen molar-refractivity contribution in [3.63, 3.8) is 0 Å². The van der Waals surface area contributed by atoms with Gasteiger partial charge in [0.1, 0.15) is 11.6 Å².